The molecule has 0 N–H and O–H groups in total. The highest BCUT2D eigenvalue weighted by molar-refractivity contribution is 9.10. The lowest BCUT2D eigenvalue weighted by Gasteiger charge is -1.98. The second-order valence-corrected chi connectivity index (χ2v) is 5.78. The van der Waals surface area contributed by atoms with E-state index < -0.39 is 0 Å². The minimum absolute atomic E-state index is 0.00948. The number of carbonyl (C=O) groups excluding carboxylic acids is 1. The van der Waals surface area contributed by atoms with Gasteiger partial charge in [-0.05, 0) is 42.2 Å². The van der Waals surface area contributed by atoms with E-state index in [0.29, 0.717) is 5.56 Å². The topological polar surface area (TPSA) is 17.1 Å². The lowest BCUT2D eigenvalue weighted by molar-refractivity contribution is 0.104. The van der Waals surface area contributed by atoms with E-state index in [-0.39, 0.29) is 5.78 Å². The van der Waals surface area contributed by atoms with Crippen LogP contribution in [-0.4, -0.2) is 12.0 Å². The molecule has 0 radical (unpaired) electrons. The molecule has 1 nitrogen and oxygen atoms in total. The van der Waals surface area contributed by atoms with E-state index in [2.05, 4.69) is 15.9 Å². The van der Waals surface area contributed by atoms with Crippen LogP contribution in [-0.2, 0) is 0 Å². The molecule has 0 atom stereocenters. The molecule has 0 fully saturated rings. The van der Waals surface area contributed by atoms with Crippen LogP contribution in [0.5, 0.6) is 0 Å². The van der Waals surface area contributed by atoms with E-state index in [4.69, 9.17) is 0 Å². The van der Waals surface area contributed by atoms with Crippen LogP contribution in [0.15, 0.2) is 64.0 Å². The van der Waals surface area contributed by atoms with Crippen LogP contribution in [0.4, 0.5) is 0 Å². The zero-order chi connectivity index (χ0) is 13.7. The molecule has 2 aromatic carbocycles. The van der Waals surface area contributed by atoms with Crippen LogP contribution in [0, 0.1) is 0 Å². The quantitative estimate of drug-likeness (QED) is 0.442. The fourth-order valence-corrected chi connectivity index (χ4v) is 2.43. The van der Waals surface area contributed by atoms with E-state index >= 15 is 0 Å². The minimum Gasteiger partial charge on any atom is -0.289 e. The Balaban J connectivity index is 2.11. The highest BCUT2D eigenvalue weighted by atomic mass is 79.9. The summed E-state index contributed by atoms with van der Waals surface area (Å²) in [7, 11) is 0. The van der Waals surface area contributed by atoms with Crippen LogP contribution < -0.4 is 0 Å². The maximum absolute atomic E-state index is 12.0. The first-order chi connectivity index (χ1) is 9.19. The highest BCUT2D eigenvalue weighted by Gasteiger charge is 2.01. The number of benzene rings is 2. The van der Waals surface area contributed by atoms with Gasteiger partial charge in [0.2, 0.25) is 0 Å². The molecular formula is C16H13BrOS. The van der Waals surface area contributed by atoms with Crippen molar-refractivity contribution in [3.05, 3.63) is 70.2 Å². The SMILES string of the molecule is CSc1ccc(/C=C/C(=O)c2cccc(Br)c2)cc1. The number of carbonyl (C=O) groups is 1. The Labute approximate surface area is 125 Å². The van der Waals surface area contributed by atoms with Gasteiger partial charge in [-0.3, -0.25) is 4.79 Å². The molecule has 0 aromatic heterocycles. The van der Waals surface area contributed by atoms with E-state index in [0.717, 1.165) is 10.0 Å². The van der Waals surface area contributed by atoms with E-state index in [1.54, 1.807) is 17.8 Å². The van der Waals surface area contributed by atoms with Crippen molar-refractivity contribution in [1.29, 1.82) is 0 Å². The van der Waals surface area contributed by atoms with Gasteiger partial charge in [-0.15, -0.1) is 11.8 Å². The molecule has 0 unspecified atom stereocenters. The third-order valence-electron chi connectivity index (χ3n) is 2.65. The van der Waals surface area contributed by atoms with Gasteiger partial charge in [0.25, 0.3) is 0 Å². The van der Waals surface area contributed by atoms with E-state index in [9.17, 15) is 4.79 Å². The second kappa shape index (κ2) is 6.73. The Morgan fingerprint density at radius 2 is 1.89 bits per heavy atom. The number of hydrogen-bond acceptors (Lipinski definition) is 2. The van der Waals surface area contributed by atoms with Gasteiger partial charge in [-0.2, -0.15) is 0 Å². The maximum Gasteiger partial charge on any atom is 0.185 e. The van der Waals surface area contributed by atoms with Crippen molar-refractivity contribution < 1.29 is 4.79 Å². The first-order valence-corrected chi connectivity index (χ1v) is 7.83. The fourth-order valence-electron chi connectivity index (χ4n) is 1.62. The molecule has 2 rings (SSSR count). The number of allylic oxidation sites excluding steroid dienone is 1. The third kappa shape index (κ3) is 4.08. The van der Waals surface area contributed by atoms with Gasteiger partial charge in [0.05, 0.1) is 0 Å². The molecule has 0 amide bonds. The summed E-state index contributed by atoms with van der Waals surface area (Å²) in [5.41, 5.74) is 1.72. The lowest BCUT2D eigenvalue weighted by Crippen LogP contribution is -1.93. The van der Waals surface area contributed by atoms with Crippen molar-refractivity contribution in [2.45, 2.75) is 4.90 Å². The summed E-state index contributed by atoms with van der Waals surface area (Å²) >= 11 is 5.07. The molecule has 0 aliphatic rings. The summed E-state index contributed by atoms with van der Waals surface area (Å²) in [4.78, 5) is 13.2. The van der Waals surface area contributed by atoms with Gasteiger partial charge in [0.15, 0.2) is 5.78 Å². The average Bonchev–Trinajstić information content (AvgIpc) is 2.45. The van der Waals surface area contributed by atoms with Crippen LogP contribution in [0.1, 0.15) is 15.9 Å². The Morgan fingerprint density at radius 1 is 1.16 bits per heavy atom. The zero-order valence-electron chi connectivity index (χ0n) is 10.5. The Hall–Kier alpha value is -1.32. The molecule has 0 aliphatic carbocycles. The summed E-state index contributed by atoms with van der Waals surface area (Å²) in [6, 6.07) is 15.5. The van der Waals surface area contributed by atoms with Gasteiger partial charge in [-0.25, -0.2) is 0 Å². The Morgan fingerprint density at radius 3 is 2.53 bits per heavy atom. The Bertz CT molecular complexity index is 602. The van der Waals surface area contributed by atoms with Gasteiger partial charge < -0.3 is 0 Å². The molecule has 0 saturated heterocycles. The predicted molar refractivity (Wildman–Crippen MR) is 85.7 cm³/mol. The number of hydrogen-bond donors (Lipinski definition) is 0. The number of thioether (sulfide) groups is 1. The number of rotatable bonds is 4. The highest BCUT2D eigenvalue weighted by Crippen LogP contribution is 2.16. The summed E-state index contributed by atoms with van der Waals surface area (Å²) < 4.78 is 0.913. The van der Waals surface area contributed by atoms with Crippen LogP contribution >= 0.6 is 27.7 Å². The van der Waals surface area contributed by atoms with Crippen LogP contribution in [0.25, 0.3) is 6.08 Å². The molecule has 96 valence electrons. The molecule has 0 bridgehead atoms. The average molecular weight is 333 g/mol. The van der Waals surface area contributed by atoms with Crippen molar-refractivity contribution >= 4 is 39.6 Å². The van der Waals surface area contributed by atoms with Gasteiger partial charge in [0.1, 0.15) is 0 Å². The van der Waals surface area contributed by atoms with Crippen molar-refractivity contribution in [2.75, 3.05) is 6.26 Å². The fraction of sp³-hybridized carbons (Fsp3) is 0.0625. The summed E-state index contributed by atoms with van der Waals surface area (Å²) in [6.07, 6.45) is 5.49. The molecule has 19 heavy (non-hydrogen) atoms. The monoisotopic (exact) mass is 332 g/mol. The molecule has 2 aromatic rings. The molecule has 0 spiro atoms. The van der Waals surface area contributed by atoms with Crippen molar-refractivity contribution in [2.24, 2.45) is 0 Å². The maximum atomic E-state index is 12.0. The number of ketones is 1. The van der Waals surface area contributed by atoms with Crippen LogP contribution in [0.3, 0.4) is 0 Å². The van der Waals surface area contributed by atoms with Gasteiger partial charge >= 0.3 is 0 Å². The van der Waals surface area contributed by atoms with Crippen molar-refractivity contribution in [1.82, 2.24) is 0 Å². The van der Waals surface area contributed by atoms with E-state index in [1.807, 2.05) is 60.9 Å². The van der Waals surface area contributed by atoms with Gasteiger partial charge in [-0.1, -0.05) is 46.3 Å². The van der Waals surface area contributed by atoms with Crippen molar-refractivity contribution in [3.8, 4) is 0 Å². The summed E-state index contributed by atoms with van der Waals surface area (Å²) in [5, 5.41) is 0. The van der Waals surface area contributed by atoms with Crippen LogP contribution in [0.2, 0.25) is 0 Å². The molecular weight excluding hydrogens is 320 g/mol. The van der Waals surface area contributed by atoms with E-state index in [1.165, 1.54) is 4.90 Å². The summed E-state index contributed by atoms with van der Waals surface area (Å²) in [5.74, 6) is 0.00948. The van der Waals surface area contributed by atoms with Gasteiger partial charge in [0, 0.05) is 14.9 Å². The molecule has 0 aliphatic heterocycles. The number of halogens is 1. The lowest BCUT2D eigenvalue weighted by atomic mass is 10.1. The molecule has 3 heteroatoms. The molecule has 0 saturated carbocycles. The normalized spacial score (nSPS) is 10.8. The first-order valence-electron chi connectivity index (χ1n) is 5.81. The second-order valence-electron chi connectivity index (χ2n) is 3.98. The predicted octanol–water partition coefficient (Wildman–Crippen LogP) is 5.07. The molecule has 0 heterocycles. The Kier molecular flexibility index (Phi) is 5.00. The van der Waals surface area contributed by atoms with Crippen molar-refractivity contribution in [3.63, 3.8) is 0 Å². The first kappa shape index (κ1) is 14.1. The third-order valence-corrected chi connectivity index (χ3v) is 3.89. The smallest absolute Gasteiger partial charge is 0.185 e. The minimum atomic E-state index is 0.00948. The zero-order valence-corrected chi connectivity index (χ0v) is 12.9. The summed E-state index contributed by atoms with van der Waals surface area (Å²) in [6.45, 7) is 0. The largest absolute Gasteiger partial charge is 0.289 e. The standard InChI is InChI=1S/C16H13BrOS/c1-19-15-8-5-12(6-9-15)7-10-16(18)13-3-2-4-14(17)11-13/h2-11H,1H3/b10-7+.